The molecule has 17 heteroatoms. The Morgan fingerprint density at radius 2 is 1.78 bits per heavy atom. The van der Waals surface area contributed by atoms with Crippen LogP contribution in [0.15, 0.2) is 90.1 Å². The molecular formula is C51H62N8O8S. The van der Waals surface area contributed by atoms with Crippen LogP contribution in [0.3, 0.4) is 0 Å². The molecule has 3 aromatic carbocycles. The number of piperidine rings is 1. The molecule has 360 valence electrons. The largest absolute Gasteiger partial charge is 0.455 e. The van der Waals surface area contributed by atoms with Gasteiger partial charge in [-0.3, -0.25) is 19.8 Å². The van der Waals surface area contributed by atoms with Gasteiger partial charge in [0.15, 0.2) is 0 Å². The second-order valence-electron chi connectivity index (χ2n) is 19.9. The number of ether oxygens (including phenoxy) is 3. The molecule has 10 rings (SSSR count). The number of H-pyrrole nitrogens is 1. The lowest BCUT2D eigenvalue weighted by Gasteiger charge is -2.56. The smallest absolute Gasteiger partial charge is 0.293 e. The van der Waals surface area contributed by atoms with Gasteiger partial charge < -0.3 is 34.3 Å². The summed E-state index contributed by atoms with van der Waals surface area (Å²) in [6.07, 6.45) is 13.2. The number of aromatic amines is 1. The van der Waals surface area contributed by atoms with Crippen LogP contribution in [0.2, 0.25) is 0 Å². The Labute approximate surface area is 397 Å². The zero-order valence-electron chi connectivity index (χ0n) is 38.9. The van der Waals surface area contributed by atoms with Crippen molar-refractivity contribution in [3.8, 4) is 11.5 Å². The number of carbonyl (C=O) groups excluding carboxylic acids is 1. The van der Waals surface area contributed by atoms with E-state index in [4.69, 9.17) is 14.2 Å². The fraction of sp³-hybridized carbons (Fsp3) is 0.490. The van der Waals surface area contributed by atoms with Crippen LogP contribution < -0.4 is 19.7 Å². The van der Waals surface area contributed by atoms with Gasteiger partial charge in [-0.25, -0.2) is 18.1 Å². The van der Waals surface area contributed by atoms with Crippen molar-refractivity contribution in [3.63, 3.8) is 0 Å². The van der Waals surface area contributed by atoms with Gasteiger partial charge in [0.25, 0.3) is 21.6 Å². The number of benzene rings is 3. The molecule has 2 aromatic heterocycles. The fourth-order valence-corrected chi connectivity index (χ4v) is 11.9. The summed E-state index contributed by atoms with van der Waals surface area (Å²) in [5.74, 6) is 0.552. The number of likely N-dealkylation sites (N-methyl/N-ethyl adjacent to an activating group) is 1. The molecule has 3 aliphatic heterocycles. The number of nitro groups is 1. The summed E-state index contributed by atoms with van der Waals surface area (Å²) in [7, 11) is -0.376. The van der Waals surface area contributed by atoms with Crippen molar-refractivity contribution in [1.29, 1.82) is 0 Å². The average molecular weight is 947 g/mol. The van der Waals surface area contributed by atoms with E-state index in [9.17, 15) is 23.3 Å². The Kier molecular flexibility index (Phi) is 13.2. The maximum Gasteiger partial charge on any atom is 0.293 e. The predicted molar refractivity (Wildman–Crippen MR) is 260 cm³/mol. The molecule has 5 heterocycles. The molecule has 3 saturated heterocycles. The fourth-order valence-electron chi connectivity index (χ4n) is 11.0. The number of aromatic nitrogens is 2. The molecule has 16 nitrogen and oxygen atoms in total. The number of nitrogens with one attached hydrogen (secondary N) is 3. The van der Waals surface area contributed by atoms with Crippen LogP contribution in [0.5, 0.6) is 11.5 Å². The van der Waals surface area contributed by atoms with Gasteiger partial charge in [0.05, 0.1) is 34.3 Å². The van der Waals surface area contributed by atoms with Crippen LogP contribution in [-0.4, -0.2) is 118 Å². The highest BCUT2D eigenvalue weighted by Gasteiger charge is 2.51. The van der Waals surface area contributed by atoms with E-state index in [1.807, 2.05) is 12.1 Å². The summed E-state index contributed by atoms with van der Waals surface area (Å²) in [5.41, 5.74) is 4.59. The number of carbonyl (C=O) groups is 1. The summed E-state index contributed by atoms with van der Waals surface area (Å²) in [6.45, 7) is 6.00. The molecule has 1 spiro atoms. The molecule has 3 N–H and O–H groups in total. The highest BCUT2D eigenvalue weighted by molar-refractivity contribution is 7.90. The molecular weight excluding hydrogens is 885 g/mol. The Morgan fingerprint density at radius 1 is 1.00 bits per heavy atom. The van der Waals surface area contributed by atoms with Crippen LogP contribution in [0.25, 0.3) is 11.0 Å². The molecule has 2 atom stereocenters. The SMILES string of the molecule is CN(C)CCOC1CC(c2ccccc2C2CC2)N(C2CC3(CCN(c4ccc(C(=O)NS(=O)(=O)c5ccc(NCC6CCOCC6)c([N+](=O)[O-])c5)c(Oc5cnc6[nH]ccc6c5)c4)CC3)C2)C1. The summed E-state index contributed by atoms with van der Waals surface area (Å²) < 4.78 is 48.0. The molecule has 2 aliphatic carbocycles. The Balaban J connectivity index is 0.836. The van der Waals surface area contributed by atoms with Crippen molar-refractivity contribution in [3.05, 3.63) is 112 Å². The van der Waals surface area contributed by atoms with Crippen molar-refractivity contribution in [2.24, 2.45) is 11.3 Å². The second kappa shape index (κ2) is 19.4. The van der Waals surface area contributed by atoms with E-state index in [-0.39, 0.29) is 34.4 Å². The highest BCUT2D eigenvalue weighted by Crippen LogP contribution is 2.55. The Bertz CT molecular complexity index is 2740. The van der Waals surface area contributed by atoms with Crippen molar-refractivity contribution in [2.75, 3.05) is 76.9 Å². The number of likely N-dealkylation sites (tertiary alicyclic amines) is 1. The van der Waals surface area contributed by atoms with Gasteiger partial charge in [0.2, 0.25) is 0 Å². The van der Waals surface area contributed by atoms with Crippen LogP contribution in [0.1, 0.15) is 91.2 Å². The third kappa shape index (κ3) is 10.1. The first-order valence-corrected chi connectivity index (χ1v) is 25.7. The highest BCUT2D eigenvalue weighted by atomic mass is 32.2. The van der Waals surface area contributed by atoms with E-state index in [1.54, 1.807) is 30.6 Å². The van der Waals surface area contributed by atoms with E-state index in [1.165, 1.54) is 36.1 Å². The first kappa shape index (κ1) is 46.2. The van der Waals surface area contributed by atoms with E-state index in [2.05, 4.69) is 73.1 Å². The van der Waals surface area contributed by atoms with Crippen LogP contribution in [0, 0.1) is 21.4 Å². The van der Waals surface area contributed by atoms with Gasteiger partial charge in [0, 0.05) is 87.4 Å². The first-order valence-electron chi connectivity index (χ1n) is 24.2. The summed E-state index contributed by atoms with van der Waals surface area (Å²) in [5, 5.41) is 16.1. The van der Waals surface area contributed by atoms with E-state index in [0.717, 1.165) is 94.9 Å². The quantitative estimate of drug-likeness (QED) is 0.0599. The molecule has 68 heavy (non-hydrogen) atoms. The Hall–Kier alpha value is -5.59. The van der Waals surface area contributed by atoms with Crippen molar-refractivity contribution < 1.29 is 32.3 Å². The minimum Gasteiger partial charge on any atom is -0.455 e. The lowest BCUT2D eigenvalue weighted by molar-refractivity contribution is -0.384. The normalized spacial score (nSPS) is 21.3. The number of rotatable bonds is 17. The lowest BCUT2D eigenvalue weighted by Crippen LogP contribution is -2.55. The third-order valence-electron chi connectivity index (χ3n) is 15.0. The number of nitrogens with zero attached hydrogens (tertiary/aromatic N) is 5. The molecule has 5 aromatic rings. The molecule has 5 fully saturated rings. The molecule has 5 aliphatic rings. The van der Waals surface area contributed by atoms with Gasteiger partial charge in [-0.1, -0.05) is 24.3 Å². The minimum absolute atomic E-state index is 0.0153. The number of nitro benzene ring substituents is 1. The molecule has 0 bridgehead atoms. The van der Waals surface area contributed by atoms with Crippen LogP contribution in [0.4, 0.5) is 17.1 Å². The Morgan fingerprint density at radius 3 is 2.53 bits per heavy atom. The maximum absolute atomic E-state index is 14.0. The van der Waals surface area contributed by atoms with Crippen molar-refractivity contribution in [2.45, 2.75) is 86.8 Å². The minimum atomic E-state index is -4.55. The number of anilines is 2. The number of pyridine rings is 1. The second-order valence-corrected chi connectivity index (χ2v) is 21.6. The molecule has 0 radical (unpaired) electrons. The number of hydrogen-bond acceptors (Lipinski definition) is 13. The van der Waals surface area contributed by atoms with E-state index >= 15 is 0 Å². The van der Waals surface area contributed by atoms with Gasteiger partial charge >= 0.3 is 0 Å². The number of amides is 1. The van der Waals surface area contributed by atoms with E-state index in [0.29, 0.717) is 49.2 Å². The predicted octanol–water partition coefficient (Wildman–Crippen LogP) is 8.24. The van der Waals surface area contributed by atoms with E-state index < -0.39 is 31.4 Å². The topological polar surface area (TPSA) is 184 Å². The maximum atomic E-state index is 14.0. The van der Waals surface area contributed by atoms with Crippen molar-refractivity contribution in [1.82, 2.24) is 24.5 Å². The first-order chi connectivity index (χ1) is 32.9. The van der Waals surface area contributed by atoms with Gasteiger partial charge in [0.1, 0.15) is 22.8 Å². The molecule has 2 saturated carbocycles. The van der Waals surface area contributed by atoms with Crippen LogP contribution in [-0.2, 0) is 19.5 Å². The summed E-state index contributed by atoms with van der Waals surface area (Å²) in [4.78, 5) is 39.9. The van der Waals surface area contributed by atoms with Gasteiger partial charge in [-0.15, -0.1) is 0 Å². The third-order valence-corrected chi connectivity index (χ3v) is 16.3. The number of sulfonamides is 1. The zero-order valence-corrected chi connectivity index (χ0v) is 39.7. The lowest BCUT2D eigenvalue weighted by atomic mass is 9.59. The molecule has 1 amide bonds. The monoisotopic (exact) mass is 946 g/mol. The standard InChI is InChI=1S/C51H62N8O8S/c1-56(2)21-24-66-40-27-46(43-6-4-3-5-42(43)35-7-8-35)58(33-40)38-29-51(30-38)16-19-57(20-17-51)37-9-11-44(48(26-37)67-39-25-36-13-18-52-49(36)54-32-39)50(60)55-68(63,64)41-10-12-45(47(28-41)59(61)62)53-31-34-14-22-65-23-15-34/h3-6,9-13,18,25-26,28,32,34-35,38,40,46,53H,7-8,14-17,19-24,27,29-31,33H2,1-2H3,(H,52,54)(H,55,60). The number of fused-ring (bicyclic) bond motifs is 1. The molecule has 2 unspecified atom stereocenters. The number of hydrogen-bond donors (Lipinski definition) is 3. The summed E-state index contributed by atoms with van der Waals surface area (Å²) in [6, 6.07) is 22.4. The van der Waals surface area contributed by atoms with Gasteiger partial charge in [-0.05, 0) is 137 Å². The summed E-state index contributed by atoms with van der Waals surface area (Å²) >= 11 is 0. The van der Waals surface area contributed by atoms with Crippen molar-refractivity contribution >= 4 is 44.0 Å². The zero-order chi connectivity index (χ0) is 47.0. The van der Waals surface area contributed by atoms with Gasteiger partial charge in [-0.2, -0.15) is 0 Å². The average Bonchev–Trinajstić information content (AvgIpc) is 3.93. The van der Waals surface area contributed by atoms with Crippen LogP contribution >= 0.6 is 0 Å².